The van der Waals surface area contributed by atoms with Crippen LogP contribution in [0.3, 0.4) is 0 Å². The van der Waals surface area contributed by atoms with E-state index in [-0.39, 0.29) is 0 Å². The van der Waals surface area contributed by atoms with E-state index in [1.165, 1.54) is 15.9 Å². The predicted octanol–water partition coefficient (Wildman–Crippen LogP) is 4.40. The standard InChI is InChI=1S/C20H19ClNP/c21-16-17-22-23(18-10-4-1-5-11-18,19-12-6-2-7-13-19)20-14-8-3-9-15-20/h1-15H,16-17H2. The molecule has 0 fully saturated rings. The van der Waals surface area contributed by atoms with Gasteiger partial charge in [-0.2, -0.15) is 0 Å². The van der Waals surface area contributed by atoms with Crippen LogP contribution in [-0.4, -0.2) is 12.4 Å². The molecule has 0 bridgehead atoms. The molecule has 0 amide bonds. The first-order valence-electron chi connectivity index (χ1n) is 7.69. The third-order valence-corrected chi connectivity index (χ3v) is 7.72. The molecule has 1 nitrogen and oxygen atoms in total. The zero-order chi connectivity index (χ0) is 16.0. The molecule has 0 aromatic heterocycles. The number of hydrogen-bond acceptors (Lipinski definition) is 1. The fourth-order valence-corrected chi connectivity index (χ4v) is 6.61. The molecule has 3 heteroatoms. The quantitative estimate of drug-likeness (QED) is 0.482. The van der Waals surface area contributed by atoms with Gasteiger partial charge in [-0.15, -0.1) is 11.6 Å². The molecule has 0 aliphatic carbocycles. The highest BCUT2D eigenvalue weighted by molar-refractivity contribution is 7.87. The van der Waals surface area contributed by atoms with E-state index in [0.717, 1.165) is 0 Å². The molecule has 116 valence electrons. The molecular formula is C20H19ClNP. The van der Waals surface area contributed by atoms with Crippen LogP contribution in [0.4, 0.5) is 0 Å². The number of rotatable bonds is 5. The van der Waals surface area contributed by atoms with E-state index in [4.69, 9.17) is 16.3 Å². The third kappa shape index (κ3) is 3.27. The van der Waals surface area contributed by atoms with Gasteiger partial charge in [-0.25, -0.2) is 0 Å². The van der Waals surface area contributed by atoms with Gasteiger partial charge in [-0.1, -0.05) is 91.0 Å². The van der Waals surface area contributed by atoms with E-state index >= 15 is 0 Å². The Morgan fingerprint density at radius 2 is 0.957 bits per heavy atom. The van der Waals surface area contributed by atoms with Crippen LogP contribution in [0.25, 0.3) is 0 Å². The lowest BCUT2D eigenvalue weighted by Gasteiger charge is -2.26. The summed E-state index contributed by atoms with van der Waals surface area (Å²) in [6, 6.07) is 31.8. The van der Waals surface area contributed by atoms with Gasteiger partial charge in [0.15, 0.2) is 0 Å². The summed E-state index contributed by atoms with van der Waals surface area (Å²) in [6.45, 7) is 0.647. The van der Waals surface area contributed by atoms with E-state index in [9.17, 15) is 0 Å². The molecule has 3 aromatic rings. The van der Waals surface area contributed by atoms with Crippen LogP contribution in [0.5, 0.6) is 0 Å². The number of alkyl halides is 1. The summed E-state index contributed by atoms with van der Waals surface area (Å²) >= 11 is 5.99. The van der Waals surface area contributed by atoms with Gasteiger partial charge in [0.25, 0.3) is 0 Å². The van der Waals surface area contributed by atoms with E-state index in [0.29, 0.717) is 12.4 Å². The zero-order valence-electron chi connectivity index (χ0n) is 12.8. The molecule has 0 aliphatic rings. The number of nitrogens with zero attached hydrogens (tertiary/aromatic N) is 1. The van der Waals surface area contributed by atoms with Gasteiger partial charge in [0.2, 0.25) is 0 Å². The van der Waals surface area contributed by atoms with E-state index in [1.54, 1.807) is 0 Å². The highest BCUT2D eigenvalue weighted by Crippen LogP contribution is 2.46. The molecule has 23 heavy (non-hydrogen) atoms. The van der Waals surface area contributed by atoms with Gasteiger partial charge in [-0.05, 0) is 0 Å². The van der Waals surface area contributed by atoms with Crippen molar-refractivity contribution in [2.24, 2.45) is 4.74 Å². The topological polar surface area (TPSA) is 12.4 Å². The SMILES string of the molecule is ClCCN=P(c1ccccc1)(c1ccccc1)c1ccccc1. The van der Waals surface area contributed by atoms with E-state index in [1.807, 2.05) is 0 Å². The fourth-order valence-electron chi connectivity index (χ4n) is 2.81. The molecule has 3 aromatic carbocycles. The second-order valence-electron chi connectivity index (χ2n) is 5.20. The monoisotopic (exact) mass is 339 g/mol. The average Bonchev–Trinajstić information content (AvgIpc) is 2.65. The Hall–Kier alpha value is -1.82. The van der Waals surface area contributed by atoms with Gasteiger partial charge in [0.1, 0.15) is 0 Å². The minimum atomic E-state index is -2.03. The highest BCUT2D eigenvalue weighted by atomic mass is 35.5. The lowest BCUT2D eigenvalue weighted by Crippen LogP contribution is -2.25. The molecule has 0 N–H and O–H groups in total. The molecule has 3 rings (SSSR count). The minimum absolute atomic E-state index is 0.536. The molecule has 0 atom stereocenters. The second-order valence-corrected chi connectivity index (χ2v) is 8.68. The summed E-state index contributed by atoms with van der Waals surface area (Å²) in [5.41, 5.74) is 0. The van der Waals surface area contributed by atoms with E-state index in [2.05, 4.69) is 91.0 Å². The van der Waals surface area contributed by atoms with Crippen molar-refractivity contribution in [2.45, 2.75) is 0 Å². The van der Waals surface area contributed by atoms with Crippen LogP contribution in [-0.2, 0) is 0 Å². The van der Waals surface area contributed by atoms with Crippen LogP contribution in [0.2, 0.25) is 0 Å². The normalized spacial score (nSPS) is 11.2. The van der Waals surface area contributed by atoms with Crippen LogP contribution in [0.15, 0.2) is 95.7 Å². The van der Waals surface area contributed by atoms with Crippen molar-refractivity contribution in [1.82, 2.24) is 0 Å². The molecule has 0 radical (unpaired) electrons. The molecule has 0 saturated heterocycles. The van der Waals surface area contributed by atoms with Gasteiger partial charge in [-0.3, -0.25) is 4.74 Å². The van der Waals surface area contributed by atoms with Crippen LogP contribution in [0.1, 0.15) is 0 Å². The van der Waals surface area contributed by atoms with Gasteiger partial charge in [0, 0.05) is 21.8 Å². The average molecular weight is 340 g/mol. The Morgan fingerprint density at radius 3 is 1.26 bits per heavy atom. The maximum Gasteiger partial charge on any atom is 0.0548 e. The van der Waals surface area contributed by atoms with Crippen molar-refractivity contribution in [3.63, 3.8) is 0 Å². The lowest BCUT2D eigenvalue weighted by atomic mass is 10.4. The molecular weight excluding hydrogens is 321 g/mol. The molecule has 0 aliphatic heterocycles. The minimum Gasteiger partial charge on any atom is -0.288 e. The van der Waals surface area contributed by atoms with Gasteiger partial charge >= 0.3 is 0 Å². The van der Waals surface area contributed by atoms with Gasteiger partial charge < -0.3 is 0 Å². The summed E-state index contributed by atoms with van der Waals surface area (Å²) in [6.07, 6.45) is 0. The zero-order valence-corrected chi connectivity index (χ0v) is 14.5. The second kappa shape index (κ2) is 7.64. The van der Waals surface area contributed by atoms with Crippen molar-refractivity contribution < 1.29 is 0 Å². The van der Waals surface area contributed by atoms with Crippen LogP contribution >= 0.6 is 18.7 Å². The Balaban J connectivity index is 2.36. The molecule has 0 spiro atoms. The predicted molar refractivity (Wildman–Crippen MR) is 103 cm³/mol. The summed E-state index contributed by atoms with van der Waals surface area (Å²) in [7, 11) is -2.03. The first-order chi connectivity index (χ1) is 11.4. The Labute approximate surface area is 143 Å². The van der Waals surface area contributed by atoms with E-state index < -0.39 is 7.05 Å². The van der Waals surface area contributed by atoms with Crippen molar-refractivity contribution in [3.8, 4) is 0 Å². The Kier molecular flexibility index (Phi) is 5.33. The molecule has 0 unspecified atom stereocenters. The summed E-state index contributed by atoms with van der Waals surface area (Å²) in [5, 5.41) is 3.80. The molecule has 0 heterocycles. The largest absolute Gasteiger partial charge is 0.288 e. The summed E-state index contributed by atoms with van der Waals surface area (Å²) in [5.74, 6) is 0.536. The van der Waals surface area contributed by atoms with Crippen molar-refractivity contribution in [2.75, 3.05) is 12.4 Å². The maximum absolute atomic E-state index is 5.99. The van der Waals surface area contributed by atoms with Crippen molar-refractivity contribution >= 4 is 34.6 Å². The number of halogens is 1. The highest BCUT2D eigenvalue weighted by Gasteiger charge is 2.26. The maximum atomic E-state index is 5.99. The lowest BCUT2D eigenvalue weighted by molar-refractivity contribution is 1.16. The first-order valence-corrected chi connectivity index (χ1v) is 9.96. The summed E-state index contributed by atoms with van der Waals surface area (Å²) in [4.78, 5) is 0. The third-order valence-electron chi connectivity index (χ3n) is 3.79. The number of hydrogen-bond donors (Lipinski definition) is 0. The van der Waals surface area contributed by atoms with Gasteiger partial charge in [0.05, 0.1) is 13.6 Å². The van der Waals surface area contributed by atoms with Crippen LogP contribution in [0, 0.1) is 0 Å². The van der Waals surface area contributed by atoms with Crippen molar-refractivity contribution in [3.05, 3.63) is 91.0 Å². The Morgan fingerprint density at radius 1 is 0.609 bits per heavy atom. The van der Waals surface area contributed by atoms with Crippen LogP contribution < -0.4 is 15.9 Å². The summed E-state index contributed by atoms with van der Waals surface area (Å²) < 4.78 is 5.16. The van der Waals surface area contributed by atoms with Crippen molar-refractivity contribution in [1.29, 1.82) is 0 Å². The smallest absolute Gasteiger partial charge is 0.0548 e. The fraction of sp³-hybridized carbons (Fsp3) is 0.100. The first kappa shape index (κ1) is 16.1. The number of benzene rings is 3. The molecule has 0 saturated carbocycles. The Bertz CT molecular complexity index is 682.